The van der Waals surface area contributed by atoms with Gasteiger partial charge in [-0.15, -0.1) is 0 Å². The van der Waals surface area contributed by atoms with E-state index in [-0.39, 0.29) is 12.8 Å². The number of hydrogen-bond acceptors (Lipinski definition) is 3. The predicted octanol–water partition coefficient (Wildman–Crippen LogP) is 0.0769. The zero-order valence-corrected chi connectivity index (χ0v) is 7.06. The van der Waals surface area contributed by atoms with Crippen molar-refractivity contribution < 1.29 is 24.9 Å². The van der Waals surface area contributed by atoms with Crippen LogP contribution in [0.2, 0.25) is 0 Å². The van der Waals surface area contributed by atoms with Crippen LogP contribution in [0.4, 0.5) is 0 Å². The Morgan fingerprint density at radius 2 is 1.62 bits per heavy atom. The van der Waals surface area contributed by atoms with Gasteiger partial charge in [-0.1, -0.05) is 12.8 Å². The summed E-state index contributed by atoms with van der Waals surface area (Å²) in [6.45, 7) is 0. The number of aliphatic hydroxyl groups excluding tert-OH is 1. The fourth-order valence-electron chi connectivity index (χ4n) is 1.85. The monoisotopic (exact) mass is 188 g/mol. The Kier molecular flexibility index (Phi) is 2.56. The number of carboxylic acids is 2. The van der Waals surface area contributed by atoms with Crippen molar-refractivity contribution in [3.63, 3.8) is 0 Å². The molecule has 5 heteroatoms. The van der Waals surface area contributed by atoms with E-state index in [1.165, 1.54) is 0 Å². The van der Waals surface area contributed by atoms with Crippen molar-refractivity contribution in [2.75, 3.05) is 0 Å². The lowest BCUT2D eigenvalue weighted by Crippen LogP contribution is -2.44. The molecule has 0 saturated heterocycles. The van der Waals surface area contributed by atoms with Crippen molar-refractivity contribution in [2.24, 2.45) is 5.41 Å². The van der Waals surface area contributed by atoms with Crippen LogP contribution in [0.1, 0.15) is 25.7 Å². The quantitative estimate of drug-likeness (QED) is 0.582. The molecule has 1 aliphatic carbocycles. The lowest BCUT2D eigenvalue weighted by atomic mass is 9.80. The molecule has 0 aromatic rings. The van der Waals surface area contributed by atoms with Gasteiger partial charge in [0.2, 0.25) is 0 Å². The van der Waals surface area contributed by atoms with Crippen molar-refractivity contribution in [1.29, 1.82) is 0 Å². The van der Waals surface area contributed by atoms with E-state index < -0.39 is 23.5 Å². The van der Waals surface area contributed by atoms with Gasteiger partial charge in [-0.05, 0) is 12.8 Å². The first-order valence-electron chi connectivity index (χ1n) is 4.15. The number of rotatable bonds is 3. The van der Waals surface area contributed by atoms with Gasteiger partial charge in [0.05, 0.1) is 0 Å². The van der Waals surface area contributed by atoms with Crippen LogP contribution in [-0.2, 0) is 9.59 Å². The molecule has 3 N–H and O–H groups in total. The maximum Gasteiger partial charge on any atom is 0.333 e. The lowest BCUT2D eigenvalue weighted by molar-refractivity contribution is -0.169. The molecule has 1 aliphatic rings. The fraction of sp³-hybridized carbons (Fsp3) is 0.750. The van der Waals surface area contributed by atoms with Gasteiger partial charge in [0.15, 0.2) is 6.10 Å². The summed E-state index contributed by atoms with van der Waals surface area (Å²) in [4.78, 5) is 21.3. The summed E-state index contributed by atoms with van der Waals surface area (Å²) in [6.07, 6.45) is 0.0336. The maximum absolute atomic E-state index is 10.8. The average Bonchev–Trinajstić information content (AvgIpc) is 2.51. The van der Waals surface area contributed by atoms with Gasteiger partial charge in [-0.2, -0.15) is 0 Å². The van der Waals surface area contributed by atoms with E-state index in [0.717, 1.165) is 0 Å². The van der Waals surface area contributed by atoms with Gasteiger partial charge >= 0.3 is 11.9 Å². The zero-order chi connectivity index (χ0) is 10.1. The van der Waals surface area contributed by atoms with Crippen LogP contribution >= 0.6 is 0 Å². The normalized spacial score (nSPS) is 22.5. The van der Waals surface area contributed by atoms with Crippen LogP contribution in [0.5, 0.6) is 0 Å². The molecule has 1 fully saturated rings. The van der Waals surface area contributed by atoms with E-state index in [0.29, 0.717) is 12.8 Å². The van der Waals surface area contributed by atoms with Crippen LogP contribution in [0.3, 0.4) is 0 Å². The van der Waals surface area contributed by atoms with Crippen LogP contribution in [-0.4, -0.2) is 33.4 Å². The summed E-state index contributed by atoms with van der Waals surface area (Å²) in [6, 6.07) is 0. The minimum Gasteiger partial charge on any atom is -0.481 e. The SMILES string of the molecule is O=C(O)C(O)C1(C(=O)O)CCCC1. The molecule has 0 heterocycles. The largest absolute Gasteiger partial charge is 0.481 e. The minimum atomic E-state index is -1.78. The summed E-state index contributed by atoms with van der Waals surface area (Å²) >= 11 is 0. The summed E-state index contributed by atoms with van der Waals surface area (Å²) in [5, 5.41) is 26.7. The highest BCUT2D eigenvalue weighted by atomic mass is 16.4. The second-order valence-corrected chi connectivity index (χ2v) is 3.41. The molecule has 13 heavy (non-hydrogen) atoms. The number of hydrogen-bond donors (Lipinski definition) is 3. The van der Waals surface area contributed by atoms with Crippen LogP contribution in [0, 0.1) is 5.41 Å². The fourth-order valence-corrected chi connectivity index (χ4v) is 1.85. The molecule has 0 spiro atoms. The lowest BCUT2D eigenvalue weighted by Gasteiger charge is -2.26. The molecule has 1 atom stereocenters. The van der Waals surface area contributed by atoms with Crippen molar-refractivity contribution in [3.05, 3.63) is 0 Å². The third-order valence-corrected chi connectivity index (χ3v) is 2.68. The molecule has 1 unspecified atom stereocenters. The van der Waals surface area contributed by atoms with Crippen LogP contribution in [0.25, 0.3) is 0 Å². The van der Waals surface area contributed by atoms with Gasteiger partial charge in [0.25, 0.3) is 0 Å². The van der Waals surface area contributed by atoms with E-state index in [2.05, 4.69) is 0 Å². The van der Waals surface area contributed by atoms with Gasteiger partial charge in [0, 0.05) is 0 Å². The van der Waals surface area contributed by atoms with Crippen molar-refractivity contribution >= 4 is 11.9 Å². The molecule has 1 saturated carbocycles. The molecule has 74 valence electrons. The first-order valence-corrected chi connectivity index (χ1v) is 4.15. The summed E-state index contributed by atoms with van der Waals surface area (Å²) in [5.74, 6) is -2.66. The Morgan fingerprint density at radius 1 is 1.15 bits per heavy atom. The van der Waals surface area contributed by atoms with Gasteiger partial charge < -0.3 is 15.3 Å². The van der Waals surface area contributed by atoms with E-state index in [9.17, 15) is 14.7 Å². The molecule has 0 amide bonds. The molecule has 0 aliphatic heterocycles. The molecule has 0 bridgehead atoms. The second kappa shape index (κ2) is 3.33. The molecule has 0 radical (unpaired) electrons. The third kappa shape index (κ3) is 1.51. The van der Waals surface area contributed by atoms with E-state index in [1.54, 1.807) is 0 Å². The van der Waals surface area contributed by atoms with Gasteiger partial charge in [0.1, 0.15) is 5.41 Å². The van der Waals surface area contributed by atoms with E-state index in [4.69, 9.17) is 10.2 Å². The standard InChI is InChI=1S/C8H12O5/c9-5(6(10)11)8(7(12)13)3-1-2-4-8/h5,9H,1-4H2,(H,10,11)(H,12,13). The smallest absolute Gasteiger partial charge is 0.333 e. The molecule has 0 aromatic heterocycles. The van der Waals surface area contributed by atoms with Crippen LogP contribution < -0.4 is 0 Å². The number of aliphatic hydroxyl groups is 1. The molecule has 5 nitrogen and oxygen atoms in total. The predicted molar refractivity (Wildman–Crippen MR) is 42.2 cm³/mol. The van der Waals surface area contributed by atoms with Gasteiger partial charge in [-0.25, -0.2) is 4.79 Å². The van der Waals surface area contributed by atoms with E-state index in [1.807, 2.05) is 0 Å². The average molecular weight is 188 g/mol. The Morgan fingerprint density at radius 3 is 1.92 bits per heavy atom. The van der Waals surface area contributed by atoms with Crippen molar-refractivity contribution in [2.45, 2.75) is 31.8 Å². The second-order valence-electron chi connectivity index (χ2n) is 3.41. The van der Waals surface area contributed by atoms with Crippen molar-refractivity contribution in [3.8, 4) is 0 Å². The Balaban J connectivity index is 2.90. The highest BCUT2D eigenvalue weighted by Gasteiger charge is 2.50. The van der Waals surface area contributed by atoms with E-state index >= 15 is 0 Å². The first kappa shape index (κ1) is 9.98. The summed E-state index contributed by atoms with van der Waals surface area (Å²) < 4.78 is 0. The molecular formula is C8H12O5. The highest BCUT2D eigenvalue weighted by Crippen LogP contribution is 2.41. The first-order chi connectivity index (χ1) is 6.00. The topological polar surface area (TPSA) is 94.8 Å². The molecule has 1 rings (SSSR count). The Labute approximate surface area is 75.0 Å². The summed E-state index contributed by atoms with van der Waals surface area (Å²) in [5.41, 5.74) is -1.45. The van der Waals surface area contributed by atoms with Crippen LogP contribution in [0.15, 0.2) is 0 Å². The number of carbonyl (C=O) groups is 2. The minimum absolute atomic E-state index is 0.246. The maximum atomic E-state index is 10.8. The van der Waals surface area contributed by atoms with Crippen molar-refractivity contribution in [1.82, 2.24) is 0 Å². The molecular weight excluding hydrogens is 176 g/mol. The highest BCUT2D eigenvalue weighted by molar-refractivity contribution is 5.85. The Bertz CT molecular complexity index is 229. The Hall–Kier alpha value is -1.10. The third-order valence-electron chi connectivity index (χ3n) is 2.68. The zero-order valence-electron chi connectivity index (χ0n) is 7.06. The summed E-state index contributed by atoms with van der Waals surface area (Å²) in [7, 11) is 0. The number of carboxylic acid groups (broad SMARTS) is 2. The van der Waals surface area contributed by atoms with Gasteiger partial charge in [-0.3, -0.25) is 4.79 Å². The molecule has 0 aromatic carbocycles. The number of aliphatic carboxylic acids is 2.